The van der Waals surface area contributed by atoms with E-state index < -0.39 is 5.97 Å². The normalized spacial score (nSPS) is 22.0. The van der Waals surface area contributed by atoms with E-state index in [-0.39, 0.29) is 24.2 Å². The average molecular weight is 312 g/mol. The molecule has 1 saturated carbocycles. The summed E-state index contributed by atoms with van der Waals surface area (Å²) in [5, 5.41) is 19.4. The number of carboxylic acid groups (broad SMARTS) is 1. The number of aromatic nitrogens is 3. The summed E-state index contributed by atoms with van der Waals surface area (Å²) < 4.78 is 1.25. The molecule has 116 valence electrons. The van der Waals surface area contributed by atoms with Gasteiger partial charge in [0.1, 0.15) is 6.54 Å². The molecule has 1 aromatic heterocycles. The second kappa shape index (κ2) is 7.44. The smallest absolute Gasteiger partial charge is 0.358 e. The van der Waals surface area contributed by atoms with Crippen molar-refractivity contribution < 1.29 is 14.7 Å². The summed E-state index contributed by atoms with van der Waals surface area (Å²) in [5.41, 5.74) is -0.153. The van der Waals surface area contributed by atoms with E-state index in [0.29, 0.717) is 5.25 Å². The summed E-state index contributed by atoms with van der Waals surface area (Å²) in [6.07, 6.45) is 5.76. The van der Waals surface area contributed by atoms with Crippen molar-refractivity contribution in [3.8, 4) is 0 Å². The Morgan fingerprint density at radius 1 is 1.48 bits per heavy atom. The summed E-state index contributed by atoms with van der Waals surface area (Å²) in [6.45, 7) is 2.13. The van der Waals surface area contributed by atoms with E-state index in [1.54, 1.807) is 0 Å². The van der Waals surface area contributed by atoms with E-state index in [4.69, 9.17) is 5.11 Å². The number of hydrogen-bond donors (Lipinski definition) is 2. The number of nitrogens with zero attached hydrogens (tertiary/aromatic N) is 3. The summed E-state index contributed by atoms with van der Waals surface area (Å²) in [5.74, 6) is -0.249. The van der Waals surface area contributed by atoms with Crippen LogP contribution >= 0.6 is 11.8 Å². The van der Waals surface area contributed by atoms with E-state index in [1.807, 2.05) is 11.8 Å². The van der Waals surface area contributed by atoms with Crippen LogP contribution in [-0.2, 0) is 11.3 Å². The zero-order valence-corrected chi connectivity index (χ0v) is 12.8. The highest BCUT2D eigenvalue weighted by Crippen LogP contribution is 2.28. The van der Waals surface area contributed by atoms with Gasteiger partial charge in [0, 0.05) is 11.3 Å². The van der Waals surface area contributed by atoms with Gasteiger partial charge in [0.15, 0.2) is 5.69 Å². The topological polar surface area (TPSA) is 97.1 Å². The fraction of sp³-hybridized carbons (Fsp3) is 0.692. The Morgan fingerprint density at radius 2 is 2.24 bits per heavy atom. The minimum Gasteiger partial charge on any atom is -0.476 e. The third-order valence-electron chi connectivity index (χ3n) is 3.49. The second-order valence-electron chi connectivity index (χ2n) is 5.06. The van der Waals surface area contributed by atoms with Gasteiger partial charge < -0.3 is 10.4 Å². The van der Waals surface area contributed by atoms with Crippen molar-refractivity contribution in [1.29, 1.82) is 0 Å². The number of thioether (sulfide) groups is 1. The monoisotopic (exact) mass is 312 g/mol. The first-order valence-corrected chi connectivity index (χ1v) is 8.19. The highest BCUT2D eigenvalue weighted by atomic mass is 32.2. The standard InChI is InChI=1S/C13H20N4O3S/c1-2-21-11-6-4-3-5-9(11)14-12(18)8-17-7-10(13(19)20)15-16-17/h7,9,11H,2-6,8H2,1H3,(H,14,18)(H,19,20). The van der Waals surface area contributed by atoms with Crippen LogP contribution in [0.3, 0.4) is 0 Å². The Bertz CT molecular complexity index is 503. The van der Waals surface area contributed by atoms with Crippen LogP contribution in [0.1, 0.15) is 43.1 Å². The third kappa shape index (κ3) is 4.45. The molecule has 0 radical (unpaired) electrons. The lowest BCUT2D eigenvalue weighted by molar-refractivity contribution is -0.122. The van der Waals surface area contributed by atoms with Crippen molar-refractivity contribution in [3.05, 3.63) is 11.9 Å². The maximum Gasteiger partial charge on any atom is 0.358 e. The van der Waals surface area contributed by atoms with Crippen molar-refractivity contribution in [2.45, 2.75) is 50.4 Å². The SMILES string of the molecule is CCSC1CCCCC1NC(=O)Cn1cc(C(=O)O)nn1. The number of rotatable bonds is 6. The maximum atomic E-state index is 12.1. The maximum absolute atomic E-state index is 12.1. The van der Waals surface area contributed by atoms with Gasteiger partial charge in [0.05, 0.1) is 6.20 Å². The van der Waals surface area contributed by atoms with E-state index in [2.05, 4.69) is 22.6 Å². The molecule has 1 fully saturated rings. The van der Waals surface area contributed by atoms with Gasteiger partial charge in [-0.2, -0.15) is 11.8 Å². The van der Waals surface area contributed by atoms with E-state index >= 15 is 0 Å². The highest BCUT2D eigenvalue weighted by molar-refractivity contribution is 7.99. The summed E-state index contributed by atoms with van der Waals surface area (Å²) in [7, 11) is 0. The first-order chi connectivity index (χ1) is 10.1. The molecule has 1 aliphatic rings. The summed E-state index contributed by atoms with van der Waals surface area (Å²) in [4.78, 5) is 22.8. The van der Waals surface area contributed by atoms with Crippen LogP contribution in [0.4, 0.5) is 0 Å². The lowest BCUT2D eigenvalue weighted by Crippen LogP contribution is -2.45. The van der Waals surface area contributed by atoms with Gasteiger partial charge in [-0.05, 0) is 18.6 Å². The number of aromatic carboxylic acids is 1. The molecule has 0 aromatic carbocycles. The number of hydrogen-bond acceptors (Lipinski definition) is 5. The predicted octanol–water partition coefficient (Wildman–Crippen LogP) is 1.16. The second-order valence-corrected chi connectivity index (χ2v) is 6.57. The minimum absolute atomic E-state index is 0.000289. The van der Waals surface area contributed by atoms with Gasteiger partial charge >= 0.3 is 5.97 Å². The molecule has 7 nitrogen and oxygen atoms in total. The molecular formula is C13H20N4O3S. The number of carbonyl (C=O) groups is 2. The third-order valence-corrected chi connectivity index (χ3v) is 4.82. The number of nitrogens with one attached hydrogen (secondary N) is 1. The summed E-state index contributed by atoms with van der Waals surface area (Å²) in [6, 6.07) is 0.193. The van der Waals surface area contributed by atoms with Crippen molar-refractivity contribution in [1.82, 2.24) is 20.3 Å². The van der Waals surface area contributed by atoms with Crippen LogP contribution in [0.25, 0.3) is 0 Å². The largest absolute Gasteiger partial charge is 0.476 e. The van der Waals surface area contributed by atoms with Gasteiger partial charge in [0.25, 0.3) is 0 Å². The molecule has 1 heterocycles. The van der Waals surface area contributed by atoms with Crippen LogP contribution in [0.5, 0.6) is 0 Å². The number of amides is 1. The first-order valence-electron chi connectivity index (χ1n) is 7.14. The van der Waals surface area contributed by atoms with Crippen molar-refractivity contribution in [3.63, 3.8) is 0 Å². The zero-order chi connectivity index (χ0) is 15.2. The first kappa shape index (κ1) is 15.8. The van der Waals surface area contributed by atoms with Crippen LogP contribution in [0, 0.1) is 0 Å². The molecule has 8 heteroatoms. The molecule has 1 aromatic rings. The molecule has 21 heavy (non-hydrogen) atoms. The minimum atomic E-state index is -1.15. The Hall–Kier alpha value is -1.57. The van der Waals surface area contributed by atoms with Crippen LogP contribution in [0.2, 0.25) is 0 Å². The molecule has 2 atom stereocenters. The van der Waals surface area contributed by atoms with E-state index in [0.717, 1.165) is 25.0 Å². The Morgan fingerprint density at radius 3 is 2.90 bits per heavy atom. The van der Waals surface area contributed by atoms with Crippen LogP contribution in [0.15, 0.2) is 6.20 Å². The van der Waals surface area contributed by atoms with Gasteiger partial charge in [-0.1, -0.05) is 25.0 Å². The zero-order valence-electron chi connectivity index (χ0n) is 12.0. The quantitative estimate of drug-likeness (QED) is 0.818. The number of carbonyl (C=O) groups excluding carboxylic acids is 1. The Labute approximate surface area is 127 Å². The van der Waals surface area contributed by atoms with Crippen LogP contribution in [-0.4, -0.2) is 49.0 Å². The number of carboxylic acids is 1. The molecule has 2 unspecified atom stereocenters. The van der Waals surface area contributed by atoms with Crippen LogP contribution < -0.4 is 5.32 Å². The molecule has 0 aliphatic heterocycles. The average Bonchev–Trinajstić information content (AvgIpc) is 2.90. The molecule has 2 rings (SSSR count). The van der Waals surface area contributed by atoms with Gasteiger partial charge in [-0.25, -0.2) is 9.48 Å². The fourth-order valence-electron chi connectivity index (χ4n) is 2.55. The van der Waals surface area contributed by atoms with Gasteiger partial charge in [-0.3, -0.25) is 4.79 Å². The highest BCUT2D eigenvalue weighted by Gasteiger charge is 2.26. The van der Waals surface area contributed by atoms with E-state index in [1.165, 1.54) is 17.3 Å². The molecular weight excluding hydrogens is 292 g/mol. The lowest BCUT2D eigenvalue weighted by Gasteiger charge is -2.31. The molecule has 0 spiro atoms. The molecule has 0 saturated heterocycles. The van der Waals surface area contributed by atoms with Gasteiger partial charge in [-0.15, -0.1) is 5.10 Å². The van der Waals surface area contributed by atoms with Crippen molar-refractivity contribution >= 4 is 23.6 Å². The van der Waals surface area contributed by atoms with Crippen molar-refractivity contribution in [2.24, 2.45) is 0 Å². The summed E-state index contributed by atoms with van der Waals surface area (Å²) >= 11 is 1.89. The van der Waals surface area contributed by atoms with E-state index in [9.17, 15) is 9.59 Å². The molecule has 1 amide bonds. The van der Waals surface area contributed by atoms with Crippen molar-refractivity contribution in [2.75, 3.05) is 5.75 Å². The fourth-order valence-corrected chi connectivity index (χ4v) is 3.75. The Kier molecular flexibility index (Phi) is 5.60. The molecule has 1 aliphatic carbocycles. The molecule has 0 bridgehead atoms. The Balaban J connectivity index is 1.88. The predicted molar refractivity (Wildman–Crippen MR) is 79.3 cm³/mol. The van der Waals surface area contributed by atoms with Gasteiger partial charge in [0.2, 0.25) is 5.91 Å². The molecule has 2 N–H and O–H groups in total. The lowest BCUT2D eigenvalue weighted by atomic mass is 9.95.